The number of hydrogen-bond acceptors (Lipinski definition) is 5. The van der Waals surface area contributed by atoms with Crippen LogP contribution >= 0.6 is 0 Å². The minimum Gasteiger partial charge on any atom is -0.465 e. The van der Waals surface area contributed by atoms with E-state index in [0.717, 1.165) is 12.8 Å². The molecule has 1 aromatic carbocycles. The van der Waals surface area contributed by atoms with Gasteiger partial charge in [-0.25, -0.2) is 4.79 Å². The van der Waals surface area contributed by atoms with Gasteiger partial charge in [0.15, 0.2) is 0 Å². The summed E-state index contributed by atoms with van der Waals surface area (Å²) in [5.74, 6) is -0.383. The molecule has 1 aromatic rings. The number of carbonyl (C=O) groups excluding carboxylic acids is 1. The predicted molar refractivity (Wildman–Crippen MR) is 78.9 cm³/mol. The third-order valence-corrected chi connectivity index (χ3v) is 3.55. The standard InChI is InChI=1S/C15H22N2O3/c1-15(2)9-10(7-8-20-15)17-13-11(14(18)19-3)5-4-6-12(13)16/h4-6,10,17H,7-9,16H2,1-3H3. The molecule has 3 N–H and O–H groups in total. The first-order chi connectivity index (χ1) is 9.43. The number of nitrogen functional groups attached to an aromatic ring is 1. The van der Waals surface area contributed by atoms with Crippen molar-refractivity contribution in [3.05, 3.63) is 23.8 Å². The highest BCUT2D eigenvalue weighted by Gasteiger charge is 2.29. The lowest BCUT2D eigenvalue weighted by Gasteiger charge is -2.36. The van der Waals surface area contributed by atoms with Crippen LogP contribution in [0, 0.1) is 0 Å². The van der Waals surface area contributed by atoms with Crippen LogP contribution in [0.1, 0.15) is 37.0 Å². The normalized spacial score (nSPS) is 21.2. The van der Waals surface area contributed by atoms with Crippen LogP contribution in [0.4, 0.5) is 11.4 Å². The Morgan fingerprint density at radius 3 is 2.90 bits per heavy atom. The largest absolute Gasteiger partial charge is 0.465 e. The Kier molecular flexibility index (Phi) is 4.18. The number of benzene rings is 1. The zero-order chi connectivity index (χ0) is 14.8. The molecule has 110 valence electrons. The van der Waals surface area contributed by atoms with Gasteiger partial charge in [-0.15, -0.1) is 0 Å². The fraction of sp³-hybridized carbons (Fsp3) is 0.533. The van der Waals surface area contributed by atoms with Crippen molar-refractivity contribution in [1.29, 1.82) is 0 Å². The topological polar surface area (TPSA) is 73.6 Å². The highest BCUT2D eigenvalue weighted by atomic mass is 16.5. The summed E-state index contributed by atoms with van der Waals surface area (Å²) in [6, 6.07) is 5.47. The van der Waals surface area contributed by atoms with E-state index in [1.165, 1.54) is 7.11 Å². The third kappa shape index (κ3) is 3.22. The second kappa shape index (κ2) is 5.71. The van der Waals surface area contributed by atoms with E-state index in [1.807, 2.05) is 0 Å². The molecule has 1 fully saturated rings. The van der Waals surface area contributed by atoms with Crippen molar-refractivity contribution >= 4 is 17.3 Å². The lowest BCUT2D eigenvalue weighted by atomic mass is 9.93. The SMILES string of the molecule is COC(=O)c1cccc(N)c1NC1CCOC(C)(C)C1. The molecule has 1 atom stereocenters. The van der Waals surface area contributed by atoms with E-state index in [1.54, 1.807) is 18.2 Å². The second-order valence-electron chi connectivity index (χ2n) is 5.70. The predicted octanol–water partition coefficient (Wildman–Crippen LogP) is 2.42. The number of hydrogen-bond donors (Lipinski definition) is 2. The van der Waals surface area contributed by atoms with E-state index >= 15 is 0 Å². The van der Waals surface area contributed by atoms with E-state index in [9.17, 15) is 4.79 Å². The second-order valence-corrected chi connectivity index (χ2v) is 5.70. The number of anilines is 2. The molecular formula is C15H22N2O3. The van der Waals surface area contributed by atoms with Crippen LogP contribution in [0.3, 0.4) is 0 Å². The summed E-state index contributed by atoms with van der Waals surface area (Å²) in [6.45, 7) is 4.83. The maximum Gasteiger partial charge on any atom is 0.340 e. The molecule has 0 spiro atoms. The molecule has 1 aliphatic rings. The Morgan fingerprint density at radius 1 is 1.50 bits per heavy atom. The smallest absolute Gasteiger partial charge is 0.340 e. The lowest BCUT2D eigenvalue weighted by Crippen LogP contribution is -2.40. The van der Waals surface area contributed by atoms with Crippen LogP contribution in [-0.4, -0.2) is 31.3 Å². The van der Waals surface area contributed by atoms with Crippen molar-refractivity contribution in [3.8, 4) is 0 Å². The van der Waals surface area contributed by atoms with Crippen molar-refractivity contribution in [2.75, 3.05) is 24.8 Å². The molecular weight excluding hydrogens is 256 g/mol. The molecule has 1 heterocycles. The molecule has 0 amide bonds. The van der Waals surface area contributed by atoms with Gasteiger partial charge in [0.1, 0.15) is 0 Å². The van der Waals surface area contributed by atoms with Crippen molar-refractivity contribution in [3.63, 3.8) is 0 Å². The maximum absolute atomic E-state index is 11.8. The first-order valence-electron chi connectivity index (χ1n) is 6.80. The molecule has 0 aromatic heterocycles. The van der Waals surface area contributed by atoms with Gasteiger partial charge in [-0.1, -0.05) is 6.07 Å². The number of nitrogens with one attached hydrogen (secondary N) is 1. The van der Waals surface area contributed by atoms with Crippen LogP contribution < -0.4 is 11.1 Å². The van der Waals surface area contributed by atoms with Crippen molar-refractivity contribution in [1.82, 2.24) is 0 Å². The fourth-order valence-electron chi connectivity index (χ4n) is 2.57. The first kappa shape index (κ1) is 14.7. The highest BCUT2D eigenvalue weighted by Crippen LogP contribution is 2.30. The molecule has 0 radical (unpaired) electrons. The van der Waals surface area contributed by atoms with Gasteiger partial charge in [-0.05, 0) is 38.8 Å². The van der Waals surface area contributed by atoms with E-state index < -0.39 is 0 Å². The molecule has 2 rings (SSSR count). The van der Waals surface area contributed by atoms with Crippen LogP contribution in [0.15, 0.2) is 18.2 Å². The minimum absolute atomic E-state index is 0.162. The van der Waals surface area contributed by atoms with Crippen molar-refractivity contribution in [2.24, 2.45) is 0 Å². The Balaban J connectivity index is 2.22. The highest BCUT2D eigenvalue weighted by molar-refractivity contribution is 5.98. The monoisotopic (exact) mass is 278 g/mol. The number of carbonyl (C=O) groups is 1. The van der Waals surface area contributed by atoms with E-state index in [0.29, 0.717) is 23.5 Å². The van der Waals surface area contributed by atoms with Gasteiger partial charge in [-0.3, -0.25) is 0 Å². The lowest BCUT2D eigenvalue weighted by molar-refractivity contribution is -0.0553. The third-order valence-electron chi connectivity index (χ3n) is 3.55. The zero-order valence-electron chi connectivity index (χ0n) is 12.2. The summed E-state index contributed by atoms with van der Waals surface area (Å²) in [7, 11) is 1.37. The molecule has 5 heteroatoms. The van der Waals surface area contributed by atoms with Crippen LogP contribution in [-0.2, 0) is 9.47 Å². The summed E-state index contributed by atoms with van der Waals surface area (Å²) in [5, 5.41) is 3.38. The van der Waals surface area contributed by atoms with E-state index in [4.69, 9.17) is 15.2 Å². The van der Waals surface area contributed by atoms with Crippen molar-refractivity contribution < 1.29 is 14.3 Å². The number of nitrogens with two attached hydrogens (primary N) is 1. The average Bonchev–Trinajstić information content (AvgIpc) is 2.39. The zero-order valence-corrected chi connectivity index (χ0v) is 12.2. The number of methoxy groups -OCH3 is 1. The molecule has 0 bridgehead atoms. The Morgan fingerprint density at radius 2 is 2.25 bits per heavy atom. The van der Waals surface area contributed by atoms with Gasteiger partial charge >= 0.3 is 5.97 Å². The number of ether oxygens (including phenoxy) is 2. The van der Waals surface area contributed by atoms with Crippen LogP contribution in [0.25, 0.3) is 0 Å². The van der Waals surface area contributed by atoms with Gasteiger partial charge in [-0.2, -0.15) is 0 Å². The summed E-state index contributed by atoms with van der Waals surface area (Å²) in [6.07, 6.45) is 1.75. The van der Waals surface area contributed by atoms with Gasteiger partial charge in [0.05, 0.1) is 29.6 Å². The Labute approximate surface area is 119 Å². The Bertz CT molecular complexity index is 500. The molecule has 0 aliphatic carbocycles. The van der Waals surface area contributed by atoms with Crippen LogP contribution in [0.5, 0.6) is 0 Å². The first-order valence-corrected chi connectivity index (χ1v) is 6.80. The van der Waals surface area contributed by atoms with E-state index in [2.05, 4.69) is 19.2 Å². The quantitative estimate of drug-likeness (QED) is 0.656. The number of rotatable bonds is 3. The van der Waals surface area contributed by atoms with Gasteiger partial charge in [0, 0.05) is 12.6 Å². The molecule has 20 heavy (non-hydrogen) atoms. The van der Waals surface area contributed by atoms with Gasteiger partial charge < -0.3 is 20.5 Å². The van der Waals surface area contributed by atoms with Crippen molar-refractivity contribution in [2.45, 2.75) is 38.3 Å². The number of para-hydroxylation sites is 1. The summed E-state index contributed by atoms with van der Waals surface area (Å²) in [4.78, 5) is 11.8. The molecule has 1 aliphatic heterocycles. The molecule has 0 saturated carbocycles. The molecule has 1 saturated heterocycles. The Hall–Kier alpha value is -1.75. The number of esters is 1. The minimum atomic E-state index is -0.383. The van der Waals surface area contributed by atoms with E-state index in [-0.39, 0.29) is 17.6 Å². The van der Waals surface area contributed by atoms with Gasteiger partial charge in [0.2, 0.25) is 0 Å². The fourth-order valence-corrected chi connectivity index (χ4v) is 2.57. The maximum atomic E-state index is 11.8. The average molecular weight is 278 g/mol. The molecule has 5 nitrogen and oxygen atoms in total. The van der Waals surface area contributed by atoms with Crippen LogP contribution in [0.2, 0.25) is 0 Å². The summed E-state index contributed by atoms with van der Waals surface area (Å²) >= 11 is 0. The molecule has 1 unspecified atom stereocenters. The summed E-state index contributed by atoms with van der Waals surface area (Å²) in [5.41, 5.74) is 7.51. The summed E-state index contributed by atoms with van der Waals surface area (Å²) < 4.78 is 10.5. The van der Waals surface area contributed by atoms with Gasteiger partial charge in [0.25, 0.3) is 0 Å².